The molecule has 1 amide bonds. The normalized spacial score (nSPS) is 16.1. The Labute approximate surface area is 171 Å². The maximum Gasteiger partial charge on any atom is 0.254 e. The number of nitrogens with one attached hydrogen (secondary N) is 1. The van der Waals surface area contributed by atoms with E-state index in [1.165, 1.54) is 16.5 Å². The highest BCUT2D eigenvalue weighted by molar-refractivity contribution is 5.95. The molecular formula is C26H24N2O. The molecule has 1 aliphatic heterocycles. The third kappa shape index (κ3) is 3.03. The second-order valence-corrected chi connectivity index (χ2v) is 8.00. The molecule has 1 aromatic heterocycles. The Balaban J connectivity index is 1.68. The summed E-state index contributed by atoms with van der Waals surface area (Å²) in [5.41, 5.74) is 7.82. The summed E-state index contributed by atoms with van der Waals surface area (Å²) in [6.07, 6.45) is 0.860. The molecule has 0 saturated carbocycles. The van der Waals surface area contributed by atoms with Gasteiger partial charge in [-0.1, -0.05) is 65.7 Å². The average Bonchev–Trinajstić information content (AvgIpc) is 3.11. The van der Waals surface area contributed by atoms with Gasteiger partial charge in [0.1, 0.15) is 0 Å². The topological polar surface area (TPSA) is 36.1 Å². The molecule has 0 aliphatic carbocycles. The molecule has 5 rings (SSSR count). The Hall–Kier alpha value is -3.33. The molecule has 0 bridgehead atoms. The number of para-hydroxylation sites is 1. The lowest BCUT2D eigenvalue weighted by Crippen LogP contribution is -2.40. The summed E-state index contributed by atoms with van der Waals surface area (Å²) in [7, 11) is 0. The van der Waals surface area contributed by atoms with Crippen LogP contribution in [0.15, 0.2) is 72.8 Å². The van der Waals surface area contributed by atoms with Gasteiger partial charge in [0.25, 0.3) is 5.91 Å². The molecular weight excluding hydrogens is 356 g/mol. The second kappa shape index (κ2) is 6.93. The summed E-state index contributed by atoms with van der Waals surface area (Å²) in [6, 6.07) is 24.7. The number of rotatable bonds is 2. The first-order valence-electron chi connectivity index (χ1n) is 10.2. The monoisotopic (exact) mass is 380 g/mol. The van der Waals surface area contributed by atoms with Gasteiger partial charge in [0.05, 0.1) is 6.04 Å². The average molecular weight is 380 g/mol. The number of aromatic amines is 1. The van der Waals surface area contributed by atoms with Gasteiger partial charge in [-0.05, 0) is 49.6 Å². The van der Waals surface area contributed by atoms with Crippen molar-refractivity contribution in [2.75, 3.05) is 6.54 Å². The summed E-state index contributed by atoms with van der Waals surface area (Å²) in [6.45, 7) is 4.84. The highest BCUT2D eigenvalue weighted by Crippen LogP contribution is 2.39. The van der Waals surface area contributed by atoms with Gasteiger partial charge in [0.2, 0.25) is 0 Å². The second-order valence-electron chi connectivity index (χ2n) is 8.00. The van der Waals surface area contributed by atoms with Crippen LogP contribution in [0.4, 0.5) is 0 Å². The largest absolute Gasteiger partial charge is 0.356 e. The molecule has 0 radical (unpaired) electrons. The minimum absolute atomic E-state index is 0.0875. The number of aryl methyl sites for hydroxylation is 2. The predicted octanol–water partition coefficient (Wildman–Crippen LogP) is 5.57. The number of aromatic nitrogens is 1. The van der Waals surface area contributed by atoms with Crippen LogP contribution in [0, 0.1) is 13.8 Å². The number of carbonyl (C=O) groups excluding carboxylic acids is 1. The van der Waals surface area contributed by atoms with E-state index in [-0.39, 0.29) is 11.9 Å². The molecule has 2 heterocycles. The maximum atomic E-state index is 13.6. The van der Waals surface area contributed by atoms with Crippen molar-refractivity contribution in [2.24, 2.45) is 0 Å². The van der Waals surface area contributed by atoms with E-state index in [1.54, 1.807) is 0 Å². The Bertz CT molecular complexity index is 1220. The Morgan fingerprint density at radius 2 is 1.69 bits per heavy atom. The van der Waals surface area contributed by atoms with E-state index < -0.39 is 0 Å². The van der Waals surface area contributed by atoms with Crippen LogP contribution in [-0.2, 0) is 6.42 Å². The Kier molecular flexibility index (Phi) is 4.24. The molecule has 0 saturated heterocycles. The summed E-state index contributed by atoms with van der Waals surface area (Å²) in [5.74, 6) is 0.0875. The molecule has 0 spiro atoms. The summed E-state index contributed by atoms with van der Waals surface area (Å²) in [5, 5.41) is 1.27. The minimum Gasteiger partial charge on any atom is -0.356 e. The van der Waals surface area contributed by atoms with E-state index in [0.29, 0.717) is 6.54 Å². The van der Waals surface area contributed by atoms with Crippen molar-refractivity contribution in [1.82, 2.24) is 9.88 Å². The molecule has 0 unspecified atom stereocenters. The zero-order valence-corrected chi connectivity index (χ0v) is 16.8. The summed E-state index contributed by atoms with van der Waals surface area (Å²) >= 11 is 0. The van der Waals surface area contributed by atoms with Crippen molar-refractivity contribution in [2.45, 2.75) is 26.3 Å². The van der Waals surface area contributed by atoms with Crippen molar-refractivity contribution in [3.05, 3.63) is 106 Å². The standard InChI is InChI=1S/C26H24N2O/c1-17-7-5-9-19(15-17)25-24-22(21-11-3-4-12-23(21)27-24)13-14-28(25)26(29)20-10-6-8-18(2)16-20/h3-12,15-16,25,27H,13-14H2,1-2H3/t25-/m0/s1. The first kappa shape index (κ1) is 17.7. The molecule has 3 nitrogen and oxygen atoms in total. The van der Waals surface area contributed by atoms with Crippen molar-refractivity contribution >= 4 is 16.8 Å². The SMILES string of the molecule is Cc1cccc(C(=O)N2CCc3c([nH]c4ccccc34)[C@@H]2c2cccc(C)c2)c1. The maximum absolute atomic E-state index is 13.6. The lowest BCUT2D eigenvalue weighted by Gasteiger charge is -2.36. The van der Waals surface area contributed by atoms with Gasteiger partial charge in [0, 0.05) is 28.7 Å². The van der Waals surface area contributed by atoms with Crippen molar-refractivity contribution in [3.63, 3.8) is 0 Å². The number of fused-ring (bicyclic) bond motifs is 3. The zero-order valence-electron chi connectivity index (χ0n) is 16.8. The van der Waals surface area contributed by atoms with Crippen molar-refractivity contribution < 1.29 is 4.79 Å². The van der Waals surface area contributed by atoms with Crippen LogP contribution in [0.5, 0.6) is 0 Å². The Morgan fingerprint density at radius 3 is 2.48 bits per heavy atom. The first-order valence-corrected chi connectivity index (χ1v) is 10.2. The van der Waals surface area contributed by atoms with E-state index in [1.807, 2.05) is 36.1 Å². The molecule has 144 valence electrons. The Morgan fingerprint density at radius 1 is 0.931 bits per heavy atom. The van der Waals surface area contributed by atoms with Crippen molar-refractivity contribution in [1.29, 1.82) is 0 Å². The lowest BCUT2D eigenvalue weighted by molar-refractivity contribution is 0.0692. The number of carbonyl (C=O) groups is 1. The van der Waals surface area contributed by atoms with Crippen molar-refractivity contribution in [3.8, 4) is 0 Å². The molecule has 1 atom stereocenters. The quantitative estimate of drug-likeness (QED) is 0.485. The van der Waals surface area contributed by atoms with Crippen LogP contribution >= 0.6 is 0 Å². The molecule has 3 aromatic carbocycles. The van der Waals surface area contributed by atoms with Crippen LogP contribution < -0.4 is 0 Å². The highest BCUT2D eigenvalue weighted by atomic mass is 16.2. The fourth-order valence-corrected chi connectivity index (χ4v) is 4.59. The van der Waals surface area contributed by atoms with E-state index in [0.717, 1.165) is 34.3 Å². The van der Waals surface area contributed by atoms with Gasteiger partial charge in [-0.15, -0.1) is 0 Å². The molecule has 1 N–H and O–H groups in total. The van der Waals surface area contributed by atoms with Crippen LogP contribution in [0.2, 0.25) is 0 Å². The number of H-pyrrole nitrogens is 1. The van der Waals surface area contributed by atoms with Crippen LogP contribution in [0.3, 0.4) is 0 Å². The lowest BCUT2D eigenvalue weighted by atomic mass is 9.91. The zero-order chi connectivity index (χ0) is 20.0. The number of amides is 1. The number of benzene rings is 3. The molecule has 4 aromatic rings. The smallest absolute Gasteiger partial charge is 0.254 e. The van der Waals surface area contributed by atoms with E-state index in [4.69, 9.17) is 0 Å². The molecule has 29 heavy (non-hydrogen) atoms. The summed E-state index contributed by atoms with van der Waals surface area (Å²) in [4.78, 5) is 19.2. The number of nitrogens with zero attached hydrogens (tertiary/aromatic N) is 1. The minimum atomic E-state index is -0.112. The number of hydrogen-bond donors (Lipinski definition) is 1. The fraction of sp³-hybridized carbons (Fsp3) is 0.192. The van der Waals surface area contributed by atoms with E-state index >= 15 is 0 Å². The third-order valence-corrected chi connectivity index (χ3v) is 5.92. The number of hydrogen-bond acceptors (Lipinski definition) is 1. The molecule has 1 aliphatic rings. The van der Waals surface area contributed by atoms with Gasteiger partial charge in [0.15, 0.2) is 0 Å². The first-order chi connectivity index (χ1) is 14.1. The highest BCUT2D eigenvalue weighted by Gasteiger charge is 2.34. The summed E-state index contributed by atoms with van der Waals surface area (Å²) < 4.78 is 0. The van der Waals surface area contributed by atoms with Crippen LogP contribution in [0.1, 0.15) is 44.3 Å². The van der Waals surface area contributed by atoms with Crippen LogP contribution in [-0.4, -0.2) is 22.3 Å². The van der Waals surface area contributed by atoms with E-state index in [9.17, 15) is 4.79 Å². The van der Waals surface area contributed by atoms with Gasteiger partial charge in [-0.25, -0.2) is 0 Å². The third-order valence-electron chi connectivity index (χ3n) is 5.92. The molecule has 0 fully saturated rings. The van der Waals surface area contributed by atoms with Gasteiger partial charge >= 0.3 is 0 Å². The molecule has 3 heteroatoms. The van der Waals surface area contributed by atoms with Crippen LogP contribution in [0.25, 0.3) is 10.9 Å². The predicted molar refractivity (Wildman–Crippen MR) is 117 cm³/mol. The van der Waals surface area contributed by atoms with Gasteiger partial charge in [-0.2, -0.15) is 0 Å². The van der Waals surface area contributed by atoms with E-state index in [2.05, 4.69) is 60.4 Å². The fourth-order valence-electron chi connectivity index (χ4n) is 4.59. The van der Waals surface area contributed by atoms with Gasteiger partial charge < -0.3 is 9.88 Å². The van der Waals surface area contributed by atoms with Gasteiger partial charge in [-0.3, -0.25) is 4.79 Å².